The monoisotopic (exact) mass is 628 g/mol. The Morgan fingerprint density at radius 2 is 0.900 bits per heavy atom. The topological polar surface area (TPSA) is 280 Å². The number of H-pyrrole nitrogens is 2. The van der Waals surface area contributed by atoms with Crippen LogP contribution in [-0.2, 0) is 40.5 Å². The number of hydrogen-bond acceptors (Lipinski definition) is 12. The molecule has 3 aromatic carbocycles. The quantitative estimate of drug-likeness (QED) is 0.191. The number of aromatic nitrogens is 4. The molecule has 2 aromatic heterocycles. The van der Waals surface area contributed by atoms with E-state index in [0.717, 1.165) is 12.1 Å². The molecule has 0 atom stereocenters. The van der Waals surface area contributed by atoms with Crippen molar-refractivity contribution in [3.05, 3.63) is 48.5 Å². The van der Waals surface area contributed by atoms with E-state index in [1.165, 1.54) is 24.3 Å². The normalized spacial score (nSPS) is 13.3. The maximum atomic E-state index is 11.7. The zero-order valence-electron chi connectivity index (χ0n) is 19.1. The number of nitrogens with zero attached hydrogens (tertiary/aromatic N) is 2. The highest BCUT2D eigenvalue weighted by molar-refractivity contribution is 7.87. The highest BCUT2D eigenvalue weighted by Gasteiger charge is 2.22. The van der Waals surface area contributed by atoms with Crippen LogP contribution in [0.2, 0.25) is 0 Å². The minimum Gasteiger partial charge on any atom is -0.744 e. The maximum absolute atomic E-state index is 11.7. The summed E-state index contributed by atoms with van der Waals surface area (Å²) >= 11 is 0. The molecule has 0 aliphatic rings. The summed E-state index contributed by atoms with van der Waals surface area (Å²) in [6.07, 6.45) is 0. The second-order valence-corrected chi connectivity index (χ2v) is 13.8. The van der Waals surface area contributed by atoms with Crippen LogP contribution in [0, 0.1) is 0 Å². The van der Waals surface area contributed by atoms with E-state index in [1.54, 1.807) is 0 Å². The van der Waals surface area contributed by atoms with Crippen LogP contribution in [-0.4, -0.2) is 71.8 Å². The molecule has 20 heteroatoms. The molecular formula is C20H12N4O12S4-2. The van der Waals surface area contributed by atoms with Crippen LogP contribution in [0.4, 0.5) is 0 Å². The van der Waals surface area contributed by atoms with Gasteiger partial charge in [-0.1, -0.05) is 24.3 Å². The zero-order chi connectivity index (χ0) is 29.4. The lowest BCUT2D eigenvalue weighted by Crippen LogP contribution is -2.04. The summed E-state index contributed by atoms with van der Waals surface area (Å²) in [5.74, 6) is 0.00199. The van der Waals surface area contributed by atoms with E-state index < -0.39 is 60.1 Å². The molecule has 0 fully saturated rings. The zero-order valence-corrected chi connectivity index (χ0v) is 22.4. The number of fused-ring (bicyclic) bond motifs is 2. The molecule has 5 rings (SSSR count). The molecule has 0 aliphatic heterocycles. The SMILES string of the molecule is O=S(=O)([O-])c1cc(S(=O)(=O)O)cc2[nH]c(-c3ccc(-c4nc5c(S(=O)(=O)[O-])cc(S(=O)(=O)O)cc5[nH]4)cc3)nc12. The number of nitrogens with one attached hydrogen (secondary N) is 2. The maximum Gasteiger partial charge on any atom is 0.294 e. The molecule has 0 spiro atoms. The lowest BCUT2D eigenvalue weighted by molar-refractivity contribution is 0.460. The Morgan fingerprint density at radius 1 is 0.575 bits per heavy atom. The average Bonchev–Trinajstić information content (AvgIpc) is 3.44. The van der Waals surface area contributed by atoms with Gasteiger partial charge in [0.25, 0.3) is 20.2 Å². The highest BCUT2D eigenvalue weighted by atomic mass is 32.2. The Bertz CT molecular complexity index is 2140. The predicted molar refractivity (Wildman–Crippen MR) is 132 cm³/mol. The first-order chi connectivity index (χ1) is 18.3. The van der Waals surface area contributed by atoms with E-state index in [0.29, 0.717) is 23.3 Å². The summed E-state index contributed by atoms with van der Waals surface area (Å²) in [6.45, 7) is 0. The molecule has 40 heavy (non-hydrogen) atoms. The summed E-state index contributed by atoms with van der Waals surface area (Å²) in [7, 11) is -20.1. The fourth-order valence-electron chi connectivity index (χ4n) is 3.86. The molecule has 0 bridgehead atoms. The van der Waals surface area contributed by atoms with Crippen molar-refractivity contribution in [2.75, 3.05) is 0 Å². The van der Waals surface area contributed by atoms with Crippen LogP contribution >= 0.6 is 0 Å². The number of imidazole rings is 2. The molecular weight excluding hydrogens is 617 g/mol. The Labute approximate surface area is 224 Å². The van der Waals surface area contributed by atoms with Gasteiger partial charge in [0.15, 0.2) is 0 Å². The Kier molecular flexibility index (Phi) is 6.16. The standard InChI is InChI=1S/C20H14N4O12S4/c25-37(26,27)11-5-13-17(15(7-11)39(31,32)33)23-19(21-13)9-1-2-10(4-3-9)20-22-14-6-12(38(28,29)30)8-16(18(14)24-20)40(34,35)36/h1-8H,(H,21,23)(H,22,24)(H,25,26,27)(H,28,29,30)(H,31,32,33)(H,34,35,36)/p-2. The second kappa shape index (κ2) is 8.87. The van der Waals surface area contributed by atoms with Gasteiger partial charge in [-0.15, -0.1) is 0 Å². The van der Waals surface area contributed by atoms with Crippen LogP contribution in [0.3, 0.4) is 0 Å². The molecule has 0 unspecified atom stereocenters. The number of hydrogen-bond donors (Lipinski definition) is 4. The third kappa shape index (κ3) is 5.09. The van der Waals surface area contributed by atoms with Gasteiger partial charge in [-0.3, -0.25) is 9.11 Å². The van der Waals surface area contributed by atoms with Crippen molar-refractivity contribution in [1.82, 2.24) is 19.9 Å². The predicted octanol–water partition coefficient (Wildman–Crippen LogP) is 1.07. The third-order valence-electron chi connectivity index (χ3n) is 5.62. The minimum absolute atomic E-state index is 0.000993. The van der Waals surface area contributed by atoms with Gasteiger partial charge in [0.1, 0.15) is 42.9 Å². The Hall–Kier alpha value is -3.76. The van der Waals surface area contributed by atoms with Crippen molar-refractivity contribution < 1.29 is 51.9 Å². The molecule has 0 saturated carbocycles. The van der Waals surface area contributed by atoms with Crippen molar-refractivity contribution >= 4 is 62.5 Å². The third-order valence-corrected chi connectivity index (χ3v) is 8.98. The van der Waals surface area contributed by atoms with Gasteiger partial charge in [0.05, 0.1) is 30.6 Å². The molecule has 4 N–H and O–H groups in total. The largest absolute Gasteiger partial charge is 0.744 e. The molecule has 210 valence electrons. The lowest BCUT2D eigenvalue weighted by Gasteiger charge is -2.08. The smallest absolute Gasteiger partial charge is 0.294 e. The Morgan fingerprint density at radius 3 is 1.18 bits per heavy atom. The fourth-order valence-corrected chi connectivity index (χ4v) is 6.40. The summed E-state index contributed by atoms with van der Waals surface area (Å²) in [5.41, 5.74) is -0.506. The summed E-state index contributed by atoms with van der Waals surface area (Å²) in [4.78, 5) is 9.81. The minimum atomic E-state index is -5.20. The first-order valence-electron chi connectivity index (χ1n) is 10.4. The van der Waals surface area contributed by atoms with Crippen molar-refractivity contribution in [2.45, 2.75) is 19.6 Å². The van der Waals surface area contributed by atoms with Gasteiger partial charge in [-0.05, 0) is 24.3 Å². The molecule has 0 amide bonds. The summed E-state index contributed by atoms with van der Waals surface area (Å²) in [5, 5.41) is 0. The molecule has 0 aliphatic carbocycles. The number of rotatable bonds is 6. The van der Waals surface area contributed by atoms with Crippen LogP contribution in [0.5, 0.6) is 0 Å². The van der Waals surface area contributed by atoms with Gasteiger partial charge in [-0.2, -0.15) is 16.8 Å². The van der Waals surface area contributed by atoms with Gasteiger partial charge >= 0.3 is 0 Å². The van der Waals surface area contributed by atoms with Crippen molar-refractivity contribution in [1.29, 1.82) is 0 Å². The van der Waals surface area contributed by atoms with E-state index in [2.05, 4.69) is 19.9 Å². The summed E-state index contributed by atoms with van der Waals surface area (Å²) < 4.78 is 135. The second-order valence-electron chi connectivity index (χ2n) is 8.24. The molecule has 2 heterocycles. The number of aromatic amines is 2. The number of benzene rings is 3. The highest BCUT2D eigenvalue weighted by Crippen LogP contribution is 2.31. The van der Waals surface area contributed by atoms with Crippen LogP contribution < -0.4 is 0 Å². The first kappa shape index (κ1) is 27.8. The lowest BCUT2D eigenvalue weighted by atomic mass is 10.1. The van der Waals surface area contributed by atoms with E-state index in [1.807, 2.05) is 0 Å². The molecule has 0 radical (unpaired) electrons. The fraction of sp³-hybridized carbons (Fsp3) is 0. The Balaban J connectivity index is 1.61. The molecule has 0 saturated heterocycles. The van der Waals surface area contributed by atoms with E-state index in [9.17, 15) is 51.9 Å². The first-order valence-corrected chi connectivity index (χ1v) is 16.1. The van der Waals surface area contributed by atoms with Crippen molar-refractivity contribution in [2.24, 2.45) is 0 Å². The van der Waals surface area contributed by atoms with Gasteiger partial charge < -0.3 is 19.1 Å². The van der Waals surface area contributed by atoms with Gasteiger partial charge in [0.2, 0.25) is 0 Å². The van der Waals surface area contributed by atoms with Crippen LogP contribution in [0.1, 0.15) is 0 Å². The van der Waals surface area contributed by atoms with Crippen molar-refractivity contribution in [3.63, 3.8) is 0 Å². The van der Waals surface area contributed by atoms with Gasteiger partial charge in [0, 0.05) is 11.1 Å². The van der Waals surface area contributed by atoms with Gasteiger partial charge in [-0.25, -0.2) is 26.8 Å². The van der Waals surface area contributed by atoms with E-state index in [-0.39, 0.29) is 33.7 Å². The average molecular weight is 629 g/mol. The van der Waals surface area contributed by atoms with Crippen LogP contribution in [0.15, 0.2) is 68.1 Å². The van der Waals surface area contributed by atoms with E-state index >= 15 is 0 Å². The molecule has 5 aromatic rings. The molecule has 16 nitrogen and oxygen atoms in total. The van der Waals surface area contributed by atoms with Crippen molar-refractivity contribution in [3.8, 4) is 22.8 Å². The van der Waals surface area contributed by atoms with Crippen LogP contribution in [0.25, 0.3) is 44.8 Å². The van der Waals surface area contributed by atoms with E-state index in [4.69, 9.17) is 0 Å². The summed E-state index contributed by atoms with van der Waals surface area (Å²) in [6, 6.07) is 8.49.